The van der Waals surface area contributed by atoms with Crippen LogP contribution in [-0.2, 0) is 17.8 Å². The van der Waals surface area contributed by atoms with Crippen LogP contribution < -0.4 is 5.32 Å². The van der Waals surface area contributed by atoms with E-state index in [2.05, 4.69) is 36.5 Å². The van der Waals surface area contributed by atoms with Gasteiger partial charge in [-0.05, 0) is 45.8 Å². The minimum absolute atomic E-state index is 0.0918. The molecule has 1 unspecified atom stereocenters. The molecule has 3 aromatic rings. The van der Waals surface area contributed by atoms with Gasteiger partial charge in [-0.2, -0.15) is 5.11 Å². The highest BCUT2D eigenvalue weighted by atomic mass is 79.9. The molecule has 0 saturated carbocycles. The predicted octanol–water partition coefficient (Wildman–Crippen LogP) is 5.14. The number of pyridine rings is 1. The number of nitrogens with zero attached hydrogens (tertiary/aromatic N) is 3. The number of benzene rings is 1. The van der Waals surface area contributed by atoms with Crippen molar-refractivity contribution in [2.45, 2.75) is 25.9 Å². The lowest BCUT2D eigenvalue weighted by Crippen LogP contribution is -2.18. The van der Waals surface area contributed by atoms with Gasteiger partial charge in [0.2, 0.25) is 5.91 Å². The van der Waals surface area contributed by atoms with Crippen LogP contribution in [0.25, 0.3) is 0 Å². The van der Waals surface area contributed by atoms with Gasteiger partial charge < -0.3 is 9.73 Å². The largest absolute Gasteiger partial charge is 0.464 e. The Morgan fingerprint density at radius 2 is 1.93 bits per heavy atom. The highest BCUT2D eigenvalue weighted by Gasteiger charge is 2.14. The van der Waals surface area contributed by atoms with E-state index < -0.39 is 0 Å². The quantitative estimate of drug-likeness (QED) is 0.530. The molecule has 2 aromatic heterocycles. The third-order valence-corrected chi connectivity index (χ3v) is 4.29. The monoisotopic (exact) mass is 426 g/mol. The maximum absolute atomic E-state index is 11.0. The van der Waals surface area contributed by atoms with Crippen LogP contribution in [0.15, 0.2) is 79.9 Å². The van der Waals surface area contributed by atoms with Crippen LogP contribution in [0.5, 0.6) is 0 Å². The van der Waals surface area contributed by atoms with Gasteiger partial charge >= 0.3 is 0 Å². The lowest BCUT2D eigenvalue weighted by molar-refractivity contribution is -0.119. The second kappa shape index (κ2) is 9.23. The van der Waals surface area contributed by atoms with E-state index in [0.29, 0.717) is 24.5 Å². The third-order valence-electron chi connectivity index (χ3n) is 3.82. The number of aromatic nitrogens is 1. The van der Waals surface area contributed by atoms with E-state index in [1.54, 1.807) is 12.3 Å². The Kier molecular flexibility index (Phi) is 6.49. The first kappa shape index (κ1) is 19.0. The zero-order valence-electron chi connectivity index (χ0n) is 14.8. The second-order valence-corrected chi connectivity index (χ2v) is 6.87. The normalized spacial score (nSPS) is 12.2. The van der Waals surface area contributed by atoms with Crippen molar-refractivity contribution in [2.75, 3.05) is 0 Å². The Hall–Kier alpha value is -2.80. The summed E-state index contributed by atoms with van der Waals surface area (Å²) < 4.78 is 6.71. The van der Waals surface area contributed by atoms with Gasteiger partial charge in [-0.1, -0.05) is 30.3 Å². The molecular formula is C20H19BrN4O2. The Balaban J connectivity index is 1.76. The van der Waals surface area contributed by atoms with Crippen molar-refractivity contribution in [2.24, 2.45) is 10.2 Å². The van der Waals surface area contributed by atoms with Gasteiger partial charge in [0.25, 0.3) is 0 Å². The van der Waals surface area contributed by atoms with E-state index in [4.69, 9.17) is 4.42 Å². The molecule has 2 heterocycles. The summed E-state index contributed by atoms with van der Waals surface area (Å²) in [6, 6.07) is 17.2. The number of amides is 1. The molecule has 7 heteroatoms. The molecule has 1 atom stereocenters. The molecule has 27 heavy (non-hydrogen) atoms. The van der Waals surface area contributed by atoms with E-state index in [-0.39, 0.29) is 11.9 Å². The topological polar surface area (TPSA) is 79.9 Å². The number of halogens is 1. The van der Waals surface area contributed by atoms with Crippen LogP contribution in [0.1, 0.15) is 30.0 Å². The average Bonchev–Trinajstić information content (AvgIpc) is 3.13. The molecule has 6 nitrogen and oxygen atoms in total. The summed E-state index contributed by atoms with van der Waals surface area (Å²) in [6.07, 6.45) is 2.25. The van der Waals surface area contributed by atoms with Crippen LogP contribution in [0.4, 0.5) is 5.82 Å². The van der Waals surface area contributed by atoms with Crippen molar-refractivity contribution in [1.82, 2.24) is 10.3 Å². The van der Waals surface area contributed by atoms with Gasteiger partial charge in [-0.15, -0.1) is 5.11 Å². The summed E-state index contributed by atoms with van der Waals surface area (Å²) in [7, 11) is 0. The molecule has 0 saturated heterocycles. The molecule has 3 rings (SSSR count). The summed E-state index contributed by atoms with van der Waals surface area (Å²) in [5, 5.41) is 11.5. The highest BCUT2D eigenvalue weighted by molar-refractivity contribution is 9.10. The van der Waals surface area contributed by atoms with Gasteiger partial charge in [0.05, 0.1) is 6.54 Å². The number of hydrogen-bond acceptors (Lipinski definition) is 5. The highest BCUT2D eigenvalue weighted by Crippen LogP contribution is 2.25. The van der Waals surface area contributed by atoms with Crippen molar-refractivity contribution in [3.05, 3.63) is 82.4 Å². The predicted molar refractivity (Wildman–Crippen MR) is 106 cm³/mol. The number of furan rings is 1. The fraction of sp³-hybridized carbons (Fsp3) is 0.200. The molecule has 1 aromatic carbocycles. The maximum Gasteiger partial charge on any atom is 0.217 e. The molecule has 0 aliphatic carbocycles. The first-order valence-electron chi connectivity index (χ1n) is 8.49. The first-order chi connectivity index (χ1) is 13.1. The van der Waals surface area contributed by atoms with Crippen molar-refractivity contribution < 1.29 is 9.21 Å². The van der Waals surface area contributed by atoms with Crippen molar-refractivity contribution in [1.29, 1.82) is 0 Å². The van der Waals surface area contributed by atoms with Gasteiger partial charge in [0.15, 0.2) is 5.82 Å². The first-order valence-corrected chi connectivity index (χ1v) is 9.29. The van der Waals surface area contributed by atoms with E-state index in [9.17, 15) is 4.79 Å². The van der Waals surface area contributed by atoms with Crippen molar-refractivity contribution >= 4 is 27.7 Å². The number of nitrogens with one attached hydrogen (secondary N) is 1. The van der Waals surface area contributed by atoms with Gasteiger partial charge in [-0.3, -0.25) is 4.79 Å². The zero-order chi connectivity index (χ0) is 19.1. The molecule has 0 spiro atoms. The molecule has 0 fully saturated rings. The lowest BCUT2D eigenvalue weighted by Gasteiger charge is -2.10. The zero-order valence-corrected chi connectivity index (χ0v) is 16.4. The van der Waals surface area contributed by atoms with Crippen molar-refractivity contribution in [3.63, 3.8) is 0 Å². The van der Waals surface area contributed by atoms with Gasteiger partial charge in [-0.25, -0.2) is 4.98 Å². The van der Waals surface area contributed by atoms with E-state index in [1.165, 1.54) is 6.92 Å². The number of carbonyl (C=O) groups is 1. The van der Waals surface area contributed by atoms with E-state index in [0.717, 1.165) is 15.8 Å². The Bertz CT molecular complexity index is 907. The lowest BCUT2D eigenvalue weighted by atomic mass is 10.0. The molecule has 138 valence electrons. The van der Waals surface area contributed by atoms with Gasteiger partial charge in [0.1, 0.15) is 17.6 Å². The number of azo groups is 1. The van der Waals surface area contributed by atoms with Crippen molar-refractivity contribution in [3.8, 4) is 0 Å². The number of hydrogen-bond donors (Lipinski definition) is 1. The summed E-state index contributed by atoms with van der Waals surface area (Å²) in [5.74, 6) is 1.95. The average molecular weight is 427 g/mol. The minimum Gasteiger partial charge on any atom is -0.464 e. The fourth-order valence-corrected chi connectivity index (χ4v) is 2.72. The smallest absolute Gasteiger partial charge is 0.217 e. The summed E-state index contributed by atoms with van der Waals surface area (Å²) in [4.78, 5) is 15.3. The summed E-state index contributed by atoms with van der Waals surface area (Å²) >= 11 is 3.36. The number of carbonyl (C=O) groups excluding carboxylic acids is 1. The standard InChI is InChI=1S/C20H19BrN4O2/c1-14(26)22-13-18-9-8-17(27-18)11-19(15-5-3-2-4-6-15)24-25-20-10-7-16(21)12-23-20/h2-10,12,19H,11,13H2,1H3,(H,22,26). The van der Waals surface area contributed by atoms with Crippen LogP contribution in [0.2, 0.25) is 0 Å². The van der Waals surface area contributed by atoms with E-state index >= 15 is 0 Å². The molecule has 1 N–H and O–H groups in total. The Labute approximate surface area is 165 Å². The van der Waals surface area contributed by atoms with Crippen LogP contribution in [0.3, 0.4) is 0 Å². The minimum atomic E-state index is -0.198. The molecule has 1 amide bonds. The summed E-state index contributed by atoms with van der Waals surface area (Å²) in [5.41, 5.74) is 1.04. The van der Waals surface area contributed by atoms with Crippen LogP contribution >= 0.6 is 15.9 Å². The molecule has 0 aliphatic heterocycles. The Morgan fingerprint density at radius 1 is 1.15 bits per heavy atom. The van der Waals surface area contributed by atoms with E-state index in [1.807, 2.05) is 48.5 Å². The second-order valence-electron chi connectivity index (χ2n) is 5.96. The van der Waals surface area contributed by atoms with Gasteiger partial charge in [0, 0.05) is 24.0 Å². The van der Waals surface area contributed by atoms with Crippen LogP contribution in [0, 0.1) is 0 Å². The van der Waals surface area contributed by atoms with Crippen LogP contribution in [-0.4, -0.2) is 10.9 Å². The third kappa shape index (κ3) is 5.86. The molecule has 0 radical (unpaired) electrons. The fourth-order valence-electron chi connectivity index (χ4n) is 2.49. The molecular weight excluding hydrogens is 408 g/mol. The summed E-state index contributed by atoms with van der Waals surface area (Å²) in [6.45, 7) is 1.85. The SMILES string of the molecule is CC(=O)NCc1ccc(CC(N=Nc2ccc(Br)cn2)c2ccccc2)o1. The molecule has 0 aliphatic rings. The maximum atomic E-state index is 11.0. The number of rotatable bonds is 7. The molecule has 0 bridgehead atoms. The Morgan fingerprint density at radius 3 is 2.63 bits per heavy atom.